The molecule has 27 heavy (non-hydrogen) atoms. The fourth-order valence-corrected chi connectivity index (χ4v) is 3.67. The zero-order valence-electron chi connectivity index (χ0n) is 14.8. The van der Waals surface area contributed by atoms with Crippen molar-refractivity contribution in [3.8, 4) is 11.1 Å². The standard InChI is InChI=1S/C25H18O2/c26-25-21-15-19(17-7-3-1-4-8-17)11-13-23(21)27-24-14-12-20(16-22(24)25)18-9-5-2-6-10-18/h1,3-5,7-16H,2,6H2. The van der Waals surface area contributed by atoms with Gasteiger partial charge in [0.25, 0.3) is 0 Å². The van der Waals surface area contributed by atoms with E-state index in [1.807, 2.05) is 66.7 Å². The van der Waals surface area contributed by atoms with Crippen molar-refractivity contribution in [2.24, 2.45) is 0 Å². The quantitative estimate of drug-likeness (QED) is 0.394. The lowest BCUT2D eigenvalue weighted by atomic mass is 9.97. The van der Waals surface area contributed by atoms with Gasteiger partial charge in [0.2, 0.25) is 5.43 Å². The molecular weight excluding hydrogens is 332 g/mol. The highest BCUT2D eigenvalue weighted by Crippen LogP contribution is 2.28. The molecule has 0 amide bonds. The van der Waals surface area contributed by atoms with Gasteiger partial charge in [0, 0.05) is 0 Å². The van der Waals surface area contributed by atoms with Crippen LogP contribution in [0.3, 0.4) is 0 Å². The number of benzene rings is 3. The Morgan fingerprint density at radius 1 is 0.704 bits per heavy atom. The summed E-state index contributed by atoms with van der Waals surface area (Å²) >= 11 is 0. The zero-order valence-corrected chi connectivity index (χ0v) is 14.8. The maximum Gasteiger partial charge on any atom is 0.200 e. The van der Waals surface area contributed by atoms with E-state index in [1.54, 1.807) is 0 Å². The minimum absolute atomic E-state index is 0.0197. The lowest BCUT2D eigenvalue weighted by Gasteiger charge is -2.09. The van der Waals surface area contributed by atoms with Crippen molar-refractivity contribution < 1.29 is 4.42 Å². The molecule has 5 rings (SSSR count). The highest BCUT2D eigenvalue weighted by Gasteiger charge is 2.11. The molecular formula is C25H18O2. The predicted molar refractivity (Wildman–Crippen MR) is 112 cm³/mol. The SMILES string of the molecule is O=c1c2cc(C3=CCCC=C3)ccc2oc2ccc(-c3ccccc3)cc12. The van der Waals surface area contributed by atoms with Crippen LogP contribution >= 0.6 is 0 Å². The maximum absolute atomic E-state index is 13.2. The average molecular weight is 350 g/mol. The molecule has 0 unspecified atom stereocenters. The van der Waals surface area contributed by atoms with E-state index in [0.717, 1.165) is 29.5 Å². The fraction of sp³-hybridized carbons (Fsp3) is 0.0800. The van der Waals surface area contributed by atoms with Crippen LogP contribution in [0.15, 0.2) is 94.2 Å². The van der Waals surface area contributed by atoms with Crippen LogP contribution in [0, 0.1) is 0 Å². The molecule has 0 aliphatic heterocycles. The highest BCUT2D eigenvalue weighted by molar-refractivity contribution is 5.93. The molecule has 0 atom stereocenters. The van der Waals surface area contributed by atoms with Gasteiger partial charge in [-0.25, -0.2) is 0 Å². The Morgan fingerprint density at radius 3 is 2.11 bits per heavy atom. The lowest BCUT2D eigenvalue weighted by Crippen LogP contribution is -2.03. The average Bonchev–Trinajstić information content (AvgIpc) is 2.75. The van der Waals surface area contributed by atoms with E-state index in [9.17, 15) is 4.79 Å². The van der Waals surface area contributed by atoms with E-state index < -0.39 is 0 Å². The van der Waals surface area contributed by atoms with Gasteiger partial charge >= 0.3 is 0 Å². The molecule has 1 aliphatic rings. The van der Waals surface area contributed by atoms with Gasteiger partial charge in [-0.3, -0.25) is 4.79 Å². The van der Waals surface area contributed by atoms with Crippen LogP contribution in [0.5, 0.6) is 0 Å². The van der Waals surface area contributed by atoms with Crippen LogP contribution in [0.1, 0.15) is 18.4 Å². The molecule has 0 bridgehead atoms. The van der Waals surface area contributed by atoms with Gasteiger partial charge < -0.3 is 4.42 Å². The summed E-state index contributed by atoms with van der Waals surface area (Å²) < 4.78 is 6.02. The molecule has 0 N–H and O–H groups in total. The Labute approximate surface area is 157 Å². The molecule has 3 aromatic carbocycles. The van der Waals surface area contributed by atoms with Gasteiger partial charge in [-0.05, 0) is 59.4 Å². The summed E-state index contributed by atoms with van der Waals surface area (Å²) in [5.74, 6) is 0. The first kappa shape index (κ1) is 15.8. The summed E-state index contributed by atoms with van der Waals surface area (Å²) in [5, 5.41) is 1.25. The van der Waals surface area contributed by atoms with E-state index in [0.29, 0.717) is 21.9 Å². The predicted octanol–water partition coefficient (Wildman–Crippen LogP) is 6.35. The Morgan fingerprint density at radius 2 is 1.41 bits per heavy atom. The Kier molecular flexibility index (Phi) is 3.75. The summed E-state index contributed by atoms with van der Waals surface area (Å²) in [5.41, 5.74) is 5.60. The van der Waals surface area contributed by atoms with Crippen LogP contribution in [0.4, 0.5) is 0 Å². The van der Waals surface area contributed by atoms with Crippen molar-refractivity contribution in [3.05, 3.63) is 101 Å². The second-order valence-corrected chi connectivity index (χ2v) is 6.86. The highest BCUT2D eigenvalue weighted by atomic mass is 16.3. The van der Waals surface area contributed by atoms with Gasteiger partial charge in [0.1, 0.15) is 11.2 Å². The monoisotopic (exact) mass is 350 g/mol. The van der Waals surface area contributed by atoms with Crippen molar-refractivity contribution in [1.82, 2.24) is 0 Å². The number of rotatable bonds is 2. The first-order valence-corrected chi connectivity index (χ1v) is 9.23. The van der Waals surface area contributed by atoms with E-state index >= 15 is 0 Å². The van der Waals surface area contributed by atoms with E-state index in [-0.39, 0.29) is 5.43 Å². The summed E-state index contributed by atoms with van der Waals surface area (Å²) in [6.45, 7) is 0. The number of hydrogen-bond acceptors (Lipinski definition) is 2. The number of hydrogen-bond donors (Lipinski definition) is 0. The second kappa shape index (κ2) is 6.40. The van der Waals surface area contributed by atoms with Crippen molar-refractivity contribution in [3.63, 3.8) is 0 Å². The minimum Gasteiger partial charge on any atom is -0.456 e. The Hall–Kier alpha value is -3.39. The molecule has 0 spiro atoms. The fourth-order valence-electron chi connectivity index (χ4n) is 3.67. The van der Waals surface area contributed by atoms with Crippen molar-refractivity contribution in [2.45, 2.75) is 12.8 Å². The van der Waals surface area contributed by atoms with Gasteiger partial charge in [0.05, 0.1) is 10.8 Å². The molecule has 130 valence electrons. The van der Waals surface area contributed by atoms with Crippen LogP contribution in [-0.2, 0) is 0 Å². The summed E-state index contributed by atoms with van der Waals surface area (Å²) in [7, 11) is 0. The van der Waals surface area contributed by atoms with Crippen LogP contribution in [0.25, 0.3) is 38.6 Å². The summed E-state index contributed by atoms with van der Waals surface area (Å²) in [4.78, 5) is 13.2. The lowest BCUT2D eigenvalue weighted by molar-refractivity contribution is 0.660. The first-order chi connectivity index (χ1) is 13.3. The van der Waals surface area contributed by atoms with Crippen LogP contribution in [-0.4, -0.2) is 0 Å². The molecule has 2 heteroatoms. The minimum atomic E-state index is 0.0197. The smallest absolute Gasteiger partial charge is 0.200 e. The Bertz CT molecular complexity index is 1270. The van der Waals surface area contributed by atoms with Crippen molar-refractivity contribution in [2.75, 3.05) is 0 Å². The number of allylic oxidation sites excluding steroid dienone is 4. The Balaban J connectivity index is 1.72. The normalized spacial score (nSPS) is 13.9. The number of fused-ring (bicyclic) bond motifs is 2. The summed E-state index contributed by atoms with van der Waals surface area (Å²) in [6, 6.07) is 21.8. The molecule has 1 aliphatic carbocycles. The zero-order chi connectivity index (χ0) is 18.2. The third-order valence-electron chi connectivity index (χ3n) is 5.10. The third kappa shape index (κ3) is 2.80. The van der Waals surface area contributed by atoms with Crippen LogP contribution in [0.2, 0.25) is 0 Å². The summed E-state index contributed by atoms with van der Waals surface area (Å²) in [6.07, 6.45) is 8.63. The van der Waals surface area contributed by atoms with Gasteiger partial charge in [-0.1, -0.05) is 60.7 Å². The van der Waals surface area contributed by atoms with Crippen LogP contribution < -0.4 is 5.43 Å². The second-order valence-electron chi connectivity index (χ2n) is 6.86. The topological polar surface area (TPSA) is 30.2 Å². The third-order valence-corrected chi connectivity index (χ3v) is 5.10. The van der Waals surface area contributed by atoms with E-state index in [1.165, 1.54) is 5.57 Å². The molecule has 4 aromatic rings. The van der Waals surface area contributed by atoms with Gasteiger partial charge in [-0.15, -0.1) is 0 Å². The molecule has 0 saturated carbocycles. The van der Waals surface area contributed by atoms with Crippen molar-refractivity contribution in [1.29, 1.82) is 0 Å². The molecule has 1 heterocycles. The largest absolute Gasteiger partial charge is 0.456 e. The van der Waals surface area contributed by atoms with Gasteiger partial charge in [-0.2, -0.15) is 0 Å². The van der Waals surface area contributed by atoms with E-state index in [2.05, 4.69) is 18.2 Å². The van der Waals surface area contributed by atoms with E-state index in [4.69, 9.17) is 4.42 Å². The molecule has 0 saturated heterocycles. The first-order valence-electron chi connectivity index (χ1n) is 9.23. The maximum atomic E-state index is 13.2. The van der Waals surface area contributed by atoms with Gasteiger partial charge in [0.15, 0.2) is 0 Å². The van der Waals surface area contributed by atoms with Crippen molar-refractivity contribution >= 4 is 27.5 Å². The molecule has 0 fully saturated rings. The molecule has 2 nitrogen and oxygen atoms in total. The molecule has 1 aromatic heterocycles. The molecule has 0 radical (unpaired) electrons.